The summed E-state index contributed by atoms with van der Waals surface area (Å²) in [4.78, 5) is 0. The summed E-state index contributed by atoms with van der Waals surface area (Å²) in [7, 11) is 1.60. The van der Waals surface area contributed by atoms with Gasteiger partial charge in [0.15, 0.2) is 11.5 Å². The Morgan fingerprint density at radius 3 is 2.48 bits per heavy atom. The SMILES string of the molecule is CCOc1cc(CNc2ccc(OC)c(Cl)c2)c(Br)cc1OC(C)C. The highest BCUT2D eigenvalue weighted by atomic mass is 79.9. The maximum absolute atomic E-state index is 6.17. The van der Waals surface area contributed by atoms with Gasteiger partial charge in [-0.1, -0.05) is 27.5 Å². The fraction of sp³-hybridized carbons (Fsp3) is 0.368. The minimum Gasteiger partial charge on any atom is -0.495 e. The zero-order valence-corrected chi connectivity index (χ0v) is 17.2. The molecule has 0 amide bonds. The monoisotopic (exact) mass is 427 g/mol. The summed E-state index contributed by atoms with van der Waals surface area (Å²) >= 11 is 9.78. The van der Waals surface area contributed by atoms with Crippen molar-refractivity contribution in [2.75, 3.05) is 19.0 Å². The third kappa shape index (κ3) is 5.44. The van der Waals surface area contributed by atoms with E-state index in [1.807, 2.05) is 51.1 Å². The van der Waals surface area contributed by atoms with Crippen LogP contribution >= 0.6 is 27.5 Å². The van der Waals surface area contributed by atoms with Crippen molar-refractivity contribution < 1.29 is 14.2 Å². The fourth-order valence-electron chi connectivity index (χ4n) is 2.30. The van der Waals surface area contributed by atoms with Gasteiger partial charge in [-0.3, -0.25) is 0 Å². The third-order valence-corrected chi connectivity index (χ3v) is 4.44. The van der Waals surface area contributed by atoms with E-state index in [9.17, 15) is 0 Å². The van der Waals surface area contributed by atoms with Crippen LogP contribution in [0.5, 0.6) is 17.2 Å². The molecule has 2 aromatic rings. The Hall–Kier alpha value is -1.59. The number of hydrogen-bond acceptors (Lipinski definition) is 4. The van der Waals surface area contributed by atoms with Gasteiger partial charge < -0.3 is 19.5 Å². The van der Waals surface area contributed by atoms with Crippen LogP contribution in [-0.2, 0) is 6.54 Å². The van der Waals surface area contributed by atoms with E-state index in [2.05, 4.69) is 21.2 Å². The molecule has 0 aliphatic carbocycles. The minimum absolute atomic E-state index is 0.0801. The van der Waals surface area contributed by atoms with E-state index >= 15 is 0 Å². The quantitative estimate of drug-likeness (QED) is 0.567. The lowest BCUT2D eigenvalue weighted by Gasteiger charge is -2.17. The van der Waals surface area contributed by atoms with Crippen LogP contribution in [0, 0.1) is 0 Å². The molecule has 0 spiro atoms. The Morgan fingerprint density at radius 1 is 1.12 bits per heavy atom. The maximum Gasteiger partial charge on any atom is 0.162 e. The Morgan fingerprint density at radius 2 is 1.88 bits per heavy atom. The van der Waals surface area contributed by atoms with E-state index in [1.165, 1.54) is 0 Å². The summed E-state index contributed by atoms with van der Waals surface area (Å²) in [6.45, 7) is 7.14. The van der Waals surface area contributed by atoms with Gasteiger partial charge in [0.05, 0.1) is 24.8 Å². The van der Waals surface area contributed by atoms with Gasteiger partial charge in [-0.2, -0.15) is 0 Å². The maximum atomic E-state index is 6.17. The molecule has 2 rings (SSSR count). The molecular weight excluding hydrogens is 406 g/mol. The largest absolute Gasteiger partial charge is 0.495 e. The van der Waals surface area contributed by atoms with Crippen LogP contribution in [0.2, 0.25) is 5.02 Å². The van der Waals surface area contributed by atoms with E-state index in [4.69, 9.17) is 25.8 Å². The second-order valence-corrected chi connectivity index (χ2v) is 6.95. The lowest BCUT2D eigenvalue weighted by Crippen LogP contribution is -2.08. The highest BCUT2D eigenvalue weighted by Gasteiger charge is 2.12. The van der Waals surface area contributed by atoms with Gasteiger partial charge in [-0.25, -0.2) is 0 Å². The molecule has 0 saturated carbocycles. The fourth-order valence-corrected chi connectivity index (χ4v) is 3.02. The molecule has 136 valence electrons. The molecule has 6 heteroatoms. The molecular formula is C19H23BrClNO3. The number of nitrogens with one attached hydrogen (secondary N) is 1. The van der Waals surface area contributed by atoms with Gasteiger partial charge in [-0.15, -0.1) is 0 Å². The van der Waals surface area contributed by atoms with E-state index in [-0.39, 0.29) is 6.10 Å². The molecule has 0 bridgehead atoms. The Bertz CT molecular complexity index is 722. The van der Waals surface area contributed by atoms with Crippen LogP contribution in [0.1, 0.15) is 26.3 Å². The van der Waals surface area contributed by atoms with Crippen molar-refractivity contribution in [3.05, 3.63) is 45.4 Å². The van der Waals surface area contributed by atoms with Crippen molar-refractivity contribution in [2.24, 2.45) is 0 Å². The summed E-state index contributed by atoms with van der Waals surface area (Å²) in [6.07, 6.45) is 0.0801. The lowest BCUT2D eigenvalue weighted by molar-refractivity contribution is 0.223. The van der Waals surface area contributed by atoms with E-state index in [0.717, 1.165) is 27.2 Å². The highest BCUT2D eigenvalue weighted by Crippen LogP contribution is 2.35. The van der Waals surface area contributed by atoms with Crippen LogP contribution in [0.25, 0.3) is 0 Å². The molecule has 0 fully saturated rings. The number of anilines is 1. The molecule has 25 heavy (non-hydrogen) atoms. The number of halogens is 2. The zero-order valence-electron chi connectivity index (χ0n) is 14.9. The zero-order chi connectivity index (χ0) is 18.4. The number of hydrogen-bond donors (Lipinski definition) is 1. The summed E-state index contributed by atoms with van der Waals surface area (Å²) in [5, 5.41) is 3.93. The number of benzene rings is 2. The Kier molecular flexibility index (Phi) is 7.26. The molecule has 1 N–H and O–H groups in total. The van der Waals surface area contributed by atoms with Crippen molar-refractivity contribution in [2.45, 2.75) is 33.4 Å². The second-order valence-electron chi connectivity index (χ2n) is 5.69. The van der Waals surface area contributed by atoms with Crippen LogP contribution in [0.3, 0.4) is 0 Å². The summed E-state index contributed by atoms with van der Waals surface area (Å²) in [6, 6.07) is 9.55. The summed E-state index contributed by atoms with van der Waals surface area (Å²) in [5.41, 5.74) is 1.98. The predicted molar refractivity (Wildman–Crippen MR) is 106 cm³/mol. The van der Waals surface area contributed by atoms with Gasteiger partial charge in [0.1, 0.15) is 5.75 Å². The highest BCUT2D eigenvalue weighted by molar-refractivity contribution is 9.10. The normalized spacial score (nSPS) is 10.7. The van der Waals surface area contributed by atoms with Gasteiger partial charge in [0.25, 0.3) is 0 Å². The first-order valence-corrected chi connectivity index (χ1v) is 9.31. The van der Waals surface area contributed by atoms with Gasteiger partial charge in [0, 0.05) is 16.7 Å². The molecule has 0 aliphatic heterocycles. The second kappa shape index (κ2) is 9.20. The smallest absolute Gasteiger partial charge is 0.162 e. The predicted octanol–water partition coefficient (Wildman–Crippen LogP) is 5.91. The van der Waals surface area contributed by atoms with Gasteiger partial charge in [-0.05, 0) is 56.7 Å². The first-order valence-electron chi connectivity index (χ1n) is 8.13. The van der Waals surface area contributed by atoms with E-state index in [0.29, 0.717) is 23.9 Å². The van der Waals surface area contributed by atoms with Crippen LogP contribution in [-0.4, -0.2) is 19.8 Å². The lowest BCUT2D eigenvalue weighted by atomic mass is 10.2. The molecule has 0 unspecified atom stereocenters. The van der Waals surface area contributed by atoms with Crippen LogP contribution < -0.4 is 19.5 Å². The molecule has 4 nitrogen and oxygen atoms in total. The summed E-state index contributed by atoms with van der Waals surface area (Å²) in [5.74, 6) is 2.13. The Labute approximate surface area is 162 Å². The number of rotatable bonds is 8. The molecule has 0 aromatic heterocycles. The molecule has 0 atom stereocenters. The van der Waals surface area contributed by atoms with Crippen molar-refractivity contribution in [3.8, 4) is 17.2 Å². The molecule has 2 aromatic carbocycles. The van der Waals surface area contributed by atoms with E-state index < -0.39 is 0 Å². The number of ether oxygens (including phenoxy) is 3. The topological polar surface area (TPSA) is 39.7 Å². The number of methoxy groups -OCH3 is 1. The molecule has 0 saturated heterocycles. The van der Waals surface area contributed by atoms with Crippen molar-refractivity contribution >= 4 is 33.2 Å². The first-order chi connectivity index (χ1) is 11.9. The summed E-state index contributed by atoms with van der Waals surface area (Å²) < 4.78 is 17.7. The third-order valence-electron chi connectivity index (χ3n) is 3.41. The Balaban J connectivity index is 2.18. The molecule has 0 aliphatic rings. The van der Waals surface area contributed by atoms with Crippen molar-refractivity contribution in [1.29, 1.82) is 0 Å². The average molecular weight is 429 g/mol. The van der Waals surface area contributed by atoms with Crippen LogP contribution in [0.4, 0.5) is 5.69 Å². The molecule has 0 radical (unpaired) electrons. The van der Waals surface area contributed by atoms with E-state index in [1.54, 1.807) is 7.11 Å². The minimum atomic E-state index is 0.0801. The van der Waals surface area contributed by atoms with Gasteiger partial charge in [0.2, 0.25) is 0 Å². The first kappa shape index (κ1) is 19.7. The van der Waals surface area contributed by atoms with Crippen molar-refractivity contribution in [3.63, 3.8) is 0 Å². The van der Waals surface area contributed by atoms with Gasteiger partial charge >= 0.3 is 0 Å². The average Bonchev–Trinajstić information content (AvgIpc) is 2.56. The standard InChI is InChI=1S/C19H23BrClNO3/c1-5-24-18-8-13(15(20)10-19(18)25-12(2)3)11-22-14-6-7-17(23-4)16(21)9-14/h6-10,12,22H,5,11H2,1-4H3. The molecule has 0 heterocycles. The van der Waals surface area contributed by atoms with Crippen molar-refractivity contribution in [1.82, 2.24) is 0 Å². The van der Waals surface area contributed by atoms with Crippen LogP contribution in [0.15, 0.2) is 34.8 Å².